The quantitative estimate of drug-likeness (QED) is 0.646. The van der Waals surface area contributed by atoms with Gasteiger partial charge in [-0.3, -0.25) is 0 Å². The molecular formula is C8H11F2O3-. The molecule has 1 saturated heterocycles. The Labute approximate surface area is 75.0 Å². The van der Waals surface area contributed by atoms with E-state index in [2.05, 4.69) is 0 Å². The van der Waals surface area contributed by atoms with Crippen LogP contribution in [-0.4, -0.2) is 26.1 Å². The number of ether oxygens (including phenoxy) is 2. The van der Waals surface area contributed by atoms with Gasteiger partial charge >= 0.3 is 0 Å². The fourth-order valence-electron chi connectivity index (χ4n) is 1.30. The number of rotatable bonds is 2. The third-order valence-corrected chi connectivity index (χ3v) is 2.01. The first-order chi connectivity index (χ1) is 6.19. The minimum absolute atomic E-state index is 0.174. The summed E-state index contributed by atoms with van der Waals surface area (Å²) in [5, 5.41) is 10.5. The predicted molar refractivity (Wildman–Crippen MR) is 39.0 cm³/mol. The van der Waals surface area contributed by atoms with Gasteiger partial charge < -0.3 is 14.6 Å². The zero-order valence-electron chi connectivity index (χ0n) is 7.26. The van der Waals surface area contributed by atoms with E-state index in [4.69, 9.17) is 9.47 Å². The summed E-state index contributed by atoms with van der Waals surface area (Å²) in [6.45, 7) is -0.688. The van der Waals surface area contributed by atoms with Gasteiger partial charge in [-0.05, 0) is 6.42 Å². The number of methoxy groups -OCH3 is 1. The Morgan fingerprint density at radius 3 is 2.85 bits per heavy atom. The molecule has 2 atom stereocenters. The molecule has 1 aliphatic heterocycles. The van der Waals surface area contributed by atoms with E-state index in [1.807, 2.05) is 0 Å². The Morgan fingerprint density at radius 1 is 1.69 bits per heavy atom. The van der Waals surface area contributed by atoms with Crippen LogP contribution in [0.3, 0.4) is 0 Å². The lowest BCUT2D eigenvalue weighted by Gasteiger charge is -2.32. The van der Waals surface area contributed by atoms with Crippen molar-refractivity contribution in [3.8, 4) is 0 Å². The average Bonchev–Trinajstić information content (AvgIpc) is 2.16. The lowest BCUT2D eigenvalue weighted by atomic mass is 10.0. The van der Waals surface area contributed by atoms with Gasteiger partial charge in [-0.1, -0.05) is 0 Å². The van der Waals surface area contributed by atoms with Gasteiger partial charge in [0.05, 0.1) is 6.10 Å². The molecule has 1 aliphatic rings. The van der Waals surface area contributed by atoms with Crippen LogP contribution in [0.5, 0.6) is 0 Å². The molecule has 0 radical (unpaired) electrons. The van der Waals surface area contributed by atoms with Crippen LogP contribution >= 0.6 is 0 Å². The van der Waals surface area contributed by atoms with E-state index in [-0.39, 0.29) is 12.0 Å². The van der Waals surface area contributed by atoms with Crippen molar-refractivity contribution in [1.82, 2.24) is 0 Å². The van der Waals surface area contributed by atoms with E-state index in [0.29, 0.717) is 6.42 Å². The maximum Gasteiger partial charge on any atom is 0.272 e. The van der Waals surface area contributed by atoms with Crippen molar-refractivity contribution < 1.29 is 23.4 Å². The van der Waals surface area contributed by atoms with E-state index in [0.717, 1.165) is 0 Å². The standard InChI is InChI=1S/C8H11F2O3/c1-12-7-3-2-5(8(9)10)6(4-11)13-7/h6-7H,2-4H2,1H3/q-1/t6-,7+/m1/s1. The van der Waals surface area contributed by atoms with Crippen molar-refractivity contribution in [2.45, 2.75) is 25.2 Å². The first kappa shape index (κ1) is 10.6. The van der Waals surface area contributed by atoms with Crippen LogP contribution in [0.1, 0.15) is 12.8 Å². The molecule has 0 aromatic carbocycles. The normalized spacial score (nSPS) is 29.1. The zero-order chi connectivity index (χ0) is 9.84. The molecule has 0 aliphatic carbocycles. The Hall–Kier alpha value is -0.520. The number of hydrogen-bond acceptors (Lipinski definition) is 3. The second-order valence-corrected chi connectivity index (χ2v) is 2.78. The van der Waals surface area contributed by atoms with Crippen molar-refractivity contribution in [3.05, 3.63) is 11.7 Å². The summed E-state index contributed by atoms with van der Waals surface area (Å²) < 4.78 is 34.2. The minimum atomic E-state index is -1.80. The van der Waals surface area contributed by atoms with E-state index in [9.17, 15) is 13.9 Å². The van der Waals surface area contributed by atoms with Crippen LogP contribution in [0.15, 0.2) is 11.7 Å². The van der Waals surface area contributed by atoms with Crippen molar-refractivity contribution in [3.63, 3.8) is 0 Å². The Kier molecular flexibility index (Phi) is 3.77. The molecule has 0 spiro atoms. The molecular weight excluding hydrogens is 182 g/mol. The molecule has 0 amide bonds. The molecule has 0 bridgehead atoms. The molecule has 76 valence electrons. The largest absolute Gasteiger partial charge is 0.852 e. The topological polar surface area (TPSA) is 41.5 Å². The molecule has 0 unspecified atom stereocenters. The van der Waals surface area contributed by atoms with E-state index >= 15 is 0 Å². The summed E-state index contributed by atoms with van der Waals surface area (Å²) in [4.78, 5) is 0. The second-order valence-electron chi connectivity index (χ2n) is 2.78. The lowest BCUT2D eigenvalue weighted by Crippen LogP contribution is -2.37. The third-order valence-electron chi connectivity index (χ3n) is 2.01. The van der Waals surface area contributed by atoms with Crippen LogP contribution in [0.4, 0.5) is 8.78 Å². The molecule has 5 heteroatoms. The highest BCUT2D eigenvalue weighted by molar-refractivity contribution is 5.11. The fourth-order valence-corrected chi connectivity index (χ4v) is 1.30. The lowest BCUT2D eigenvalue weighted by molar-refractivity contribution is -0.391. The minimum Gasteiger partial charge on any atom is -0.852 e. The summed E-state index contributed by atoms with van der Waals surface area (Å²) in [5.41, 5.74) is -0.177. The van der Waals surface area contributed by atoms with Crippen LogP contribution in [0.25, 0.3) is 0 Å². The van der Waals surface area contributed by atoms with Gasteiger partial charge in [0, 0.05) is 19.1 Å². The predicted octanol–water partition coefficient (Wildman–Crippen LogP) is 0.649. The van der Waals surface area contributed by atoms with Gasteiger partial charge in [-0.2, -0.15) is 8.78 Å². The van der Waals surface area contributed by atoms with Crippen LogP contribution < -0.4 is 5.11 Å². The SMILES string of the molecule is CO[C@@H]1CCC(=C(F)F)[C@@H](C[O-])O1. The highest BCUT2D eigenvalue weighted by Crippen LogP contribution is 2.27. The molecule has 1 rings (SSSR count). The number of hydrogen-bond donors (Lipinski definition) is 0. The first-order valence-electron chi connectivity index (χ1n) is 3.99. The fraction of sp³-hybridized carbons (Fsp3) is 0.750. The first-order valence-corrected chi connectivity index (χ1v) is 3.99. The van der Waals surface area contributed by atoms with Crippen LogP contribution in [-0.2, 0) is 9.47 Å². The van der Waals surface area contributed by atoms with Crippen molar-refractivity contribution in [2.24, 2.45) is 0 Å². The van der Waals surface area contributed by atoms with Gasteiger partial charge in [-0.25, -0.2) is 0 Å². The molecule has 0 aromatic rings. The van der Waals surface area contributed by atoms with Gasteiger partial charge in [0.25, 0.3) is 6.08 Å². The Balaban J connectivity index is 2.66. The Morgan fingerprint density at radius 2 is 2.38 bits per heavy atom. The smallest absolute Gasteiger partial charge is 0.272 e. The van der Waals surface area contributed by atoms with Gasteiger partial charge in [0.1, 0.15) is 0 Å². The molecule has 1 heterocycles. The summed E-state index contributed by atoms with van der Waals surface area (Å²) in [6.07, 6.45) is -2.80. The maximum atomic E-state index is 12.2. The van der Waals surface area contributed by atoms with E-state index in [1.54, 1.807) is 0 Å². The second kappa shape index (κ2) is 4.64. The Bertz CT molecular complexity index is 202. The van der Waals surface area contributed by atoms with Crippen LogP contribution in [0, 0.1) is 0 Å². The van der Waals surface area contributed by atoms with Gasteiger partial charge in [0.2, 0.25) is 0 Å². The van der Waals surface area contributed by atoms with Crippen molar-refractivity contribution >= 4 is 0 Å². The van der Waals surface area contributed by atoms with E-state index < -0.39 is 25.1 Å². The summed E-state index contributed by atoms with van der Waals surface area (Å²) in [6, 6.07) is 0. The zero-order valence-corrected chi connectivity index (χ0v) is 7.26. The van der Waals surface area contributed by atoms with Crippen LogP contribution in [0.2, 0.25) is 0 Å². The molecule has 13 heavy (non-hydrogen) atoms. The maximum absolute atomic E-state index is 12.2. The molecule has 0 aromatic heterocycles. The molecule has 1 fully saturated rings. The summed E-state index contributed by atoms with van der Waals surface area (Å²) in [7, 11) is 1.42. The molecule has 3 nitrogen and oxygen atoms in total. The van der Waals surface area contributed by atoms with E-state index in [1.165, 1.54) is 7.11 Å². The monoisotopic (exact) mass is 193 g/mol. The molecule has 0 saturated carbocycles. The third kappa shape index (κ3) is 2.46. The highest BCUT2D eigenvalue weighted by atomic mass is 19.3. The van der Waals surface area contributed by atoms with Gasteiger partial charge in [0.15, 0.2) is 6.29 Å². The average molecular weight is 193 g/mol. The number of halogens is 2. The van der Waals surface area contributed by atoms with Crippen molar-refractivity contribution in [2.75, 3.05) is 13.7 Å². The van der Waals surface area contributed by atoms with Crippen molar-refractivity contribution in [1.29, 1.82) is 0 Å². The summed E-state index contributed by atoms with van der Waals surface area (Å²) in [5.74, 6) is 0. The van der Waals surface area contributed by atoms with Gasteiger partial charge in [-0.15, -0.1) is 6.61 Å². The summed E-state index contributed by atoms with van der Waals surface area (Å²) >= 11 is 0. The molecule has 0 N–H and O–H groups in total. The highest BCUT2D eigenvalue weighted by Gasteiger charge is 2.26.